The molecule has 3 rings (SSSR count). The number of thioether (sulfide) groups is 1. The number of likely N-dealkylation sites (N-methyl/N-ethyl adjacent to an activating group) is 1. The zero-order valence-corrected chi connectivity index (χ0v) is 18.9. The van der Waals surface area contributed by atoms with Crippen molar-refractivity contribution in [3.8, 4) is 0 Å². The van der Waals surface area contributed by atoms with Crippen LogP contribution in [0.4, 0.5) is 10.6 Å². The molecule has 1 aromatic carbocycles. The Bertz CT molecular complexity index is 1100. The van der Waals surface area contributed by atoms with Crippen LogP contribution in [0.2, 0.25) is 0 Å². The standard InChI is InChI=1S/C21H28N6O3S/c1-4-13-31-19-23-17(22)16-18(24-19)26(14-15-9-7-6-8-10-15)21(29)27(16)20(28)25(5-2)11-12-30-3/h6-10H,4-5,11-14H2,1-3H3,(H2,22,23,24). The van der Waals surface area contributed by atoms with Crippen LogP contribution in [0.15, 0.2) is 40.3 Å². The van der Waals surface area contributed by atoms with Gasteiger partial charge in [0.15, 0.2) is 16.6 Å². The predicted molar refractivity (Wildman–Crippen MR) is 123 cm³/mol. The average Bonchev–Trinajstić information content (AvgIpc) is 3.05. The van der Waals surface area contributed by atoms with Crippen molar-refractivity contribution in [3.05, 3.63) is 46.4 Å². The zero-order valence-electron chi connectivity index (χ0n) is 18.1. The maximum Gasteiger partial charge on any atom is 0.339 e. The number of ether oxygens (including phenoxy) is 1. The maximum atomic E-state index is 13.4. The largest absolute Gasteiger partial charge is 0.383 e. The fraction of sp³-hybridized carbons (Fsp3) is 0.429. The van der Waals surface area contributed by atoms with Gasteiger partial charge in [-0.25, -0.2) is 24.1 Å². The fourth-order valence-corrected chi connectivity index (χ4v) is 3.93. The molecule has 2 aromatic heterocycles. The third-order valence-corrected chi connectivity index (χ3v) is 5.85. The molecule has 0 spiro atoms. The third kappa shape index (κ3) is 4.91. The minimum atomic E-state index is -0.488. The van der Waals surface area contributed by atoms with Gasteiger partial charge in [0.1, 0.15) is 5.52 Å². The Labute approximate surface area is 185 Å². The number of carbonyl (C=O) groups is 1. The summed E-state index contributed by atoms with van der Waals surface area (Å²) in [7, 11) is 1.57. The van der Waals surface area contributed by atoms with Crippen LogP contribution in [0.5, 0.6) is 0 Å². The van der Waals surface area contributed by atoms with E-state index in [0.717, 1.165) is 22.3 Å². The van der Waals surface area contributed by atoms with E-state index in [1.807, 2.05) is 37.3 Å². The molecule has 10 heteroatoms. The number of fused-ring (bicyclic) bond motifs is 1. The van der Waals surface area contributed by atoms with Crippen molar-refractivity contribution in [1.82, 2.24) is 24.0 Å². The number of hydrogen-bond acceptors (Lipinski definition) is 7. The number of nitrogens with two attached hydrogens (primary N) is 1. The first-order valence-electron chi connectivity index (χ1n) is 10.2. The summed E-state index contributed by atoms with van der Waals surface area (Å²) in [5, 5.41) is 0.491. The van der Waals surface area contributed by atoms with E-state index in [1.165, 1.54) is 21.2 Å². The molecule has 0 bridgehead atoms. The Balaban J connectivity index is 2.18. The number of anilines is 1. The van der Waals surface area contributed by atoms with Crippen molar-refractivity contribution in [2.24, 2.45) is 0 Å². The number of benzene rings is 1. The molecule has 3 aromatic rings. The van der Waals surface area contributed by atoms with Gasteiger partial charge in [-0.1, -0.05) is 49.0 Å². The van der Waals surface area contributed by atoms with E-state index in [2.05, 4.69) is 16.9 Å². The van der Waals surface area contributed by atoms with E-state index in [0.29, 0.717) is 30.5 Å². The number of amides is 1. The monoisotopic (exact) mass is 444 g/mol. The number of nitrogens with zero attached hydrogens (tertiary/aromatic N) is 5. The molecule has 0 aliphatic rings. The van der Waals surface area contributed by atoms with Crippen molar-refractivity contribution in [2.45, 2.75) is 32.0 Å². The Kier molecular flexibility index (Phi) is 7.69. The second-order valence-electron chi connectivity index (χ2n) is 6.96. The predicted octanol–water partition coefficient (Wildman–Crippen LogP) is 2.66. The van der Waals surface area contributed by atoms with Crippen LogP contribution in [0.25, 0.3) is 11.2 Å². The molecule has 2 heterocycles. The molecule has 0 unspecified atom stereocenters. The first kappa shape index (κ1) is 22.8. The second-order valence-corrected chi connectivity index (χ2v) is 8.02. The van der Waals surface area contributed by atoms with E-state index in [1.54, 1.807) is 7.11 Å². The molecular formula is C21H28N6O3S. The van der Waals surface area contributed by atoms with Crippen LogP contribution in [-0.4, -0.2) is 62.6 Å². The molecule has 0 fully saturated rings. The lowest BCUT2D eigenvalue weighted by Crippen LogP contribution is -2.42. The van der Waals surface area contributed by atoms with Crippen molar-refractivity contribution in [2.75, 3.05) is 38.3 Å². The Morgan fingerprint density at radius 3 is 2.61 bits per heavy atom. The highest BCUT2D eigenvalue weighted by Gasteiger charge is 2.26. The molecule has 2 N–H and O–H groups in total. The van der Waals surface area contributed by atoms with Crippen LogP contribution in [0.1, 0.15) is 25.8 Å². The number of carbonyl (C=O) groups excluding carboxylic acids is 1. The fourth-order valence-electron chi connectivity index (χ4n) is 3.22. The number of nitrogen functional groups attached to an aromatic ring is 1. The smallest absolute Gasteiger partial charge is 0.339 e. The maximum absolute atomic E-state index is 13.4. The Hall–Kier alpha value is -2.85. The molecule has 0 saturated carbocycles. The molecule has 0 atom stereocenters. The van der Waals surface area contributed by atoms with Gasteiger partial charge in [-0.05, 0) is 18.9 Å². The lowest BCUT2D eigenvalue weighted by Gasteiger charge is -2.20. The van der Waals surface area contributed by atoms with Gasteiger partial charge in [0.05, 0.1) is 13.2 Å². The lowest BCUT2D eigenvalue weighted by atomic mass is 10.2. The van der Waals surface area contributed by atoms with E-state index in [4.69, 9.17) is 10.5 Å². The van der Waals surface area contributed by atoms with Gasteiger partial charge in [0, 0.05) is 26.0 Å². The zero-order chi connectivity index (χ0) is 22.4. The summed E-state index contributed by atoms with van der Waals surface area (Å²) in [5.74, 6) is 0.942. The quantitative estimate of drug-likeness (QED) is 0.399. The van der Waals surface area contributed by atoms with Crippen LogP contribution in [0, 0.1) is 0 Å². The molecular weight excluding hydrogens is 416 g/mol. The van der Waals surface area contributed by atoms with Gasteiger partial charge < -0.3 is 15.4 Å². The minimum Gasteiger partial charge on any atom is -0.383 e. The van der Waals surface area contributed by atoms with Crippen molar-refractivity contribution in [3.63, 3.8) is 0 Å². The number of aromatic nitrogens is 4. The van der Waals surface area contributed by atoms with Gasteiger partial charge in [0.25, 0.3) is 0 Å². The lowest BCUT2D eigenvalue weighted by molar-refractivity contribution is 0.152. The summed E-state index contributed by atoms with van der Waals surface area (Å²) >= 11 is 1.47. The topological polar surface area (TPSA) is 108 Å². The molecule has 0 saturated heterocycles. The van der Waals surface area contributed by atoms with Gasteiger partial charge in [-0.2, -0.15) is 0 Å². The van der Waals surface area contributed by atoms with Gasteiger partial charge in [-0.15, -0.1) is 0 Å². The normalized spacial score (nSPS) is 11.2. The molecule has 9 nitrogen and oxygen atoms in total. The third-order valence-electron chi connectivity index (χ3n) is 4.80. The number of hydrogen-bond donors (Lipinski definition) is 1. The highest BCUT2D eigenvalue weighted by Crippen LogP contribution is 2.23. The summed E-state index contributed by atoms with van der Waals surface area (Å²) in [5.41, 5.74) is 7.28. The minimum absolute atomic E-state index is 0.114. The Morgan fingerprint density at radius 1 is 1.23 bits per heavy atom. The Morgan fingerprint density at radius 2 is 1.97 bits per heavy atom. The van der Waals surface area contributed by atoms with Crippen molar-refractivity contribution >= 4 is 34.8 Å². The summed E-state index contributed by atoms with van der Waals surface area (Å²) in [4.78, 5) is 37.2. The van der Waals surface area contributed by atoms with Crippen LogP contribution >= 0.6 is 11.8 Å². The molecule has 0 aliphatic heterocycles. The van der Waals surface area contributed by atoms with Crippen molar-refractivity contribution in [1.29, 1.82) is 0 Å². The molecule has 1 amide bonds. The van der Waals surface area contributed by atoms with Gasteiger partial charge in [0.2, 0.25) is 0 Å². The summed E-state index contributed by atoms with van der Waals surface area (Å²) < 4.78 is 7.67. The summed E-state index contributed by atoms with van der Waals surface area (Å²) in [6.07, 6.45) is 0.952. The SMILES string of the molecule is CCCSc1nc(N)c2c(n1)n(Cc1ccccc1)c(=O)n2C(=O)N(CC)CCOC. The van der Waals surface area contributed by atoms with E-state index < -0.39 is 11.7 Å². The highest BCUT2D eigenvalue weighted by molar-refractivity contribution is 7.99. The second kappa shape index (κ2) is 10.5. The highest BCUT2D eigenvalue weighted by atomic mass is 32.2. The van der Waals surface area contributed by atoms with Crippen LogP contribution in [-0.2, 0) is 11.3 Å². The molecule has 166 valence electrons. The number of methoxy groups -OCH3 is 1. The van der Waals surface area contributed by atoms with E-state index >= 15 is 0 Å². The van der Waals surface area contributed by atoms with Crippen LogP contribution < -0.4 is 11.4 Å². The molecule has 0 aliphatic carbocycles. The molecule has 31 heavy (non-hydrogen) atoms. The summed E-state index contributed by atoms with van der Waals surface area (Å²) in [6.45, 7) is 5.32. The van der Waals surface area contributed by atoms with Gasteiger partial charge >= 0.3 is 11.7 Å². The number of rotatable bonds is 9. The summed E-state index contributed by atoms with van der Waals surface area (Å²) in [6, 6.07) is 9.09. The van der Waals surface area contributed by atoms with Crippen LogP contribution in [0.3, 0.4) is 0 Å². The first-order chi connectivity index (χ1) is 15.0. The van der Waals surface area contributed by atoms with E-state index in [-0.39, 0.29) is 17.9 Å². The van der Waals surface area contributed by atoms with E-state index in [9.17, 15) is 9.59 Å². The number of imidazole rings is 1. The molecule has 0 radical (unpaired) electrons. The van der Waals surface area contributed by atoms with Crippen molar-refractivity contribution < 1.29 is 9.53 Å². The first-order valence-corrected chi connectivity index (χ1v) is 11.2. The average molecular weight is 445 g/mol. The van der Waals surface area contributed by atoms with Gasteiger partial charge in [-0.3, -0.25) is 4.57 Å².